The summed E-state index contributed by atoms with van der Waals surface area (Å²) in [5.41, 5.74) is 0.266. The molecule has 0 fully saturated rings. The van der Waals surface area contributed by atoms with E-state index >= 15 is 0 Å². The van der Waals surface area contributed by atoms with Gasteiger partial charge in [-0.15, -0.1) is 11.3 Å². The highest BCUT2D eigenvalue weighted by atomic mass is 32.1. The van der Waals surface area contributed by atoms with Gasteiger partial charge in [-0.2, -0.15) is 0 Å². The fraction of sp³-hybridized carbons (Fsp3) is 0.571. The number of rotatable bonds is 6. The van der Waals surface area contributed by atoms with Crippen molar-refractivity contribution in [3.05, 3.63) is 21.4 Å². The zero-order chi connectivity index (χ0) is 14.6. The Morgan fingerprint density at radius 3 is 2.47 bits per heavy atom. The average Bonchev–Trinajstić information content (AvgIpc) is 2.76. The van der Waals surface area contributed by atoms with Crippen LogP contribution < -0.4 is 5.32 Å². The molecule has 1 heterocycles. The zero-order valence-electron chi connectivity index (χ0n) is 11.9. The fourth-order valence-electron chi connectivity index (χ4n) is 1.70. The van der Waals surface area contributed by atoms with Crippen molar-refractivity contribution in [3.8, 4) is 0 Å². The second-order valence-electron chi connectivity index (χ2n) is 4.95. The van der Waals surface area contributed by atoms with Gasteiger partial charge in [-0.05, 0) is 38.3 Å². The Balaban J connectivity index is 2.72. The van der Waals surface area contributed by atoms with Gasteiger partial charge in [0.1, 0.15) is 0 Å². The van der Waals surface area contributed by atoms with Gasteiger partial charge in [0.25, 0.3) is 5.91 Å². The Morgan fingerprint density at radius 1 is 1.42 bits per heavy atom. The fourth-order valence-corrected chi connectivity index (χ4v) is 2.73. The molecule has 0 aliphatic rings. The lowest BCUT2D eigenvalue weighted by Crippen LogP contribution is -2.40. The van der Waals surface area contributed by atoms with Gasteiger partial charge in [-0.3, -0.25) is 9.59 Å². The predicted octanol–water partition coefficient (Wildman–Crippen LogP) is 2.85. The van der Waals surface area contributed by atoms with Crippen LogP contribution in [0, 0.1) is 12.3 Å². The quantitative estimate of drug-likeness (QED) is 0.843. The van der Waals surface area contributed by atoms with E-state index in [1.807, 2.05) is 19.9 Å². The number of amides is 1. The topological polar surface area (TPSA) is 66.4 Å². The number of carboxylic acids is 1. The lowest BCUT2D eigenvalue weighted by atomic mass is 9.88. The van der Waals surface area contributed by atoms with Crippen molar-refractivity contribution in [2.24, 2.45) is 5.41 Å². The summed E-state index contributed by atoms with van der Waals surface area (Å²) in [7, 11) is 0. The summed E-state index contributed by atoms with van der Waals surface area (Å²) in [6.45, 7) is 7.65. The Labute approximate surface area is 117 Å². The molecule has 1 rings (SSSR count). The number of nitrogens with one attached hydrogen (secondary N) is 1. The van der Waals surface area contributed by atoms with E-state index in [1.54, 1.807) is 6.92 Å². The van der Waals surface area contributed by atoms with Gasteiger partial charge in [-0.25, -0.2) is 0 Å². The van der Waals surface area contributed by atoms with Crippen LogP contribution in [0.1, 0.15) is 47.3 Å². The van der Waals surface area contributed by atoms with E-state index in [4.69, 9.17) is 5.11 Å². The summed E-state index contributed by atoms with van der Waals surface area (Å²) in [5.74, 6) is -1.07. The molecule has 1 aromatic rings. The Hall–Kier alpha value is -1.36. The third-order valence-corrected chi connectivity index (χ3v) is 4.65. The van der Waals surface area contributed by atoms with Crippen molar-refractivity contribution in [3.63, 3.8) is 0 Å². The van der Waals surface area contributed by atoms with Crippen molar-refractivity contribution in [2.45, 2.75) is 40.5 Å². The third kappa shape index (κ3) is 3.56. The second kappa shape index (κ2) is 6.19. The lowest BCUT2D eigenvalue weighted by Gasteiger charge is -2.22. The van der Waals surface area contributed by atoms with E-state index in [0.717, 1.165) is 11.3 Å². The number of aliphatic carboxylic acids is 1. The van der Waals surface area contributed by atoms with Crippen LogP contribution in [-0.2, 0) is 11.2 Å². The summed E-state index contributed by atoms with van der Waals surface area (Å²) in [6.07, 6.45) is 1.38. The zero-order valence-corrected chi connectivity index (χ0v) is 12.7. The standard InChI is InChI=1S/C14H21NO3S/c1-5-10-7-11(19-9(10)3)12(16)15-8-14(4,6-2)13(17)18/h7H,5-6,8H2,1-4H3,(H,15,16)(H,17,18). The molecule has 1 aromatic heterocycles. The molecule has 19 heavy (non-hydrogen) atoms. The monoisotopic (exact) mass is 283 g/mol. The minimum Gasteiger partial charge on any atom is -0.481 e. The van der Waals surface area contributed by atoms with Crippen LogP contribution in [0.2, 0.25) is 0 Å². The number of hydrogen-bond acceptors (Lipinski definition) is 3. The molecule has 2 N–H and O–H groups in total. The van der Waals surface area contributed by atoms with Crippen LogP contribution in [0.3, 0.4) is 0 Å². The predicted molar refractivity (Wildman–Crippen MR) is 76.8 cm³/mol. The maximum absolute atomic E-state index is 12.0. The Bertz CT molecular complexity index is 481. The molecule has 1 amide bonds. The van der Waals surface area contributed by atoms with Crippen molar-refractivity contribution in [1.82, 2.24) is 5.32 Å². The molecule has 0 saturated carbocycles. The first-order valence-corrected chi connectivity index (χ1v) is 7.26. The van der Waals surface area contributed by atoms with Gasteiger partial charge < -0.3 is 10.4 Å². The molecule has 0 aromatic carbocycles. The summed E-state index contributed by atoms with van der Waals surface area (Å²) in [4.78, 5) is 25.0. The molecular formula is C14H21NO3S. The molecule has 0 radical (unpaired) electrons. The van der Waals surface area contributed by atoms with Gasteiger partial charge in [-0.1, -0.05) is 13.8 Å². The molecule has 0 aliphatic carbocycles. The van der Waals surface area contributed by atoms with E-state index in [1.165, 1.54) is 16.9 Å². The molecule has 0 bridgehead atoms. The highest BCUT2D eigenvalue weighted by Gasteiger charge is 2.31. The molecular weight excluding hydrogens is 262 g/mol. The first kappa shape index (κ1) is 15.7. The van der Waals surface area contributed by atoms with Crippen LogP contribution in [0.25, 0.3) is 0 Å². The van der Waals surface area contributed by atoms with Crippen molar-refractivity contribution in [1.29, 1.82) is 0 Å². The number of hydrogen-bond donors (Lipinski definition) is 2. The molecule has 0 spiro atoms. The smallest absolute Gasteiger partial charge is 0.311 e. The van der Waals surface area contributed by atoms with Crippen LogP contribution in [0.4, 0.5) is 0 Å². The van der Waals surface area contributed by atoms with E-state index in [-0.39, 0.29) is 12.5 Å². The summed E-state index contributed by atoms with van der Waals surface area (Å²) < 4.78 is 0. The number of aryl methyl sites for hydroxylation is 2. The van der Waals surface area contributed by atoms with Crippen LogP contribution in [-0.4, -0.2) is 23.5 Å². The molecule has 106 valence electrons. The SMILES string of the molecule is CCc1cc(C(=O)NCC(C)(CC)C(=O)O)sc1C. The van der Waals surface area contributed by atoms with E-state index < -0.39 is 11.4 Å². The van der Waals surface area contributed by atoms with E-state index in [0.29, 0.717) is 11.3 Å². The molecule has 5 heteroatoms. The van der Waals surface area contributed by atoms with E-state index in [9.17, 15) is 9.59 Å². The number of carbonyl (C=O) groups is 2. The average molecular weight is 283 g/mol. The van der Waals surface area contributed by atoms with Gasteiger partial charge >= 0.3 is 5.97 Å². The molecule has 4 nitrogen and oxygen atoms in total. The minimum absolute atomic E-state index is 0.149. The Kier molecular flexibility index (Phi) is 5.11. The maximum Gasteiger partial charge on any atom is 0.311 e. The minimum atomic E-state index is -0.907. The van der Waals surface area contributed by atoms with Crippen LogP contribution in [0.5, 0.6) is 0 Å². The highest BCUT2D eigenvalue weighted by Crippen LogP contribution is 2.23. The van der Waals surface area contributed by atoms with Gasteiger partial charge in [0.2, 0.25) is 0 Å². The van der Waals surface area contributed by atoms with E-state index in [2.05, 4.69) is 12.2 Å². The molecule has 1 unspecified atom stereocenters. The van der Waals surface area contributed by atoms with Gasteiger partial charge in [0.15, 0.2) is 0 Å². The van der Waals surface area contributed by atoms with Crippen LogP contribution in [0.15, 0.2) is 6.07 Å². The molecule has 0 saturated heterocycles. The summed E-state index contributed by atoms with van der Waals surface area (Å²) >= 11 is 1.45. The number of carbonyl (C=O) groups excluding carboxylic acids is 1. The summed E-state index contributed by atoms with van der Waals surface area (Å²) in [6, 6.07) is 1.89. The lowest BCUT2D eigenvalue weighted by molar-refractivity contribution is -0.147. The van der Waals surface area contributed by atoms with Gasteiger partial charge in [0.05, 0.1) is 10.3 Å². The number of carboxylic acid groups (broad SMARTS) is 1. The maximum atomic E-state index is 12.0. The third-order valence-electron chi connectivity index (χ3n) is 3.56. The normalized spacial score (nSPS) is 13.9. The second-order valence-corrected chi connectivity index (χ2v) is 6.20. The van der Waals surface area contributed by atoms with Crippen molar-refractivity contribution >= 4 is 23.2 Å². The largest absolute Gasteiger partial charge is 0.481 e. The Morgan fingerprint density at radius 2 is 2.05 bits per heavy atom. The van der Waals surface area contributed by atoms with Crippen molar-refractivity contribution in [2.75, 3.05) is 6.54 Å². The molecule has 1 atom stereocenters. The highest BCUT2D eigenvalue weighted by molar-refractivity contribution is 7.14. The van der Waals surface area contributed by atoms with Gasteiger partial charge in [0, 0.05) is 11.4 Å². The molecule has 0 aliphatic heterocycles. The van der Waals surface area contributed by atoms with Crippen molar-refractivity contribution < 1.29 is 14.7 Å². The first-order chi connectivity index (χ1) is 8.84. The van der Waals surface area contributed by atoms with Crippen LogP contribution >= 0.6 is 11.3 Å². The summed E-state index contributed by atoms with van der Waals surface area (Å²) in [5, 5.41) is 11.9. The first-order valence-electron chi connectivity index (χ1n) is 6.45. The number of thiophene rings is 1.